The largest absolute Gasteiger partial charge is 0.470 e. The van der Waals surface area contributed by atoms with E-state index in [4.69, 9.17) is 14.4 Å². The SMILES string of the molecule is CC(C)(C)c1c(OCc2ccc(C=O)cn2)nn2c(-c3cc(CO)on3)nncc12.CNCCO. The van der Waals surface area contributed by atoms with E-state index in [1.165, 1.54) is 6.20 Å². The van der Waals surface area contributed by atoms with Crippen LogP contribution in [0.3, 0.4) is 0 Å². The van der Waals surface area contributed by atoms with E-state index in [1.54, 1.807) is 36.0 Å². The third-order valence-corrected chi connectivity index (χ3v) is 4.82. The molecule has 4 heterocycles. The second-order valence-electron chi connectivity index (χ2n) is 8.55. The van der Waals surface area contributed by atoms with Crippen LogP contribution in [0, 0.1) is 0 Å². The normalized spacial score (nSPS) is 11.3. The first kappa shape index (κ1) is 25.9. The van der Waals surface area contributed by atoms with Gasteiger partial charge in [-0.3, -0.25) is 9.78 Å². The predicted octanol–water partition coefficient (Wildman–Crippen LogP) is 1.55. The molecule has 4 rings (SSSR count). The number of ether oxygens (including phenoxy) is 1. The molecule has 0 aliphatic carbocycles. The van der Waals surface area contributed by atoms with Gasteiger partial charge in [-0.25, -0.2) is 4.52 Å². The Bertz CT molecular complexity index is 1240. The molecule has 0 unspecified atom stereocenters. The van der Waals surface area contributed by atoms with Crippen LogP contribution in [0.15, 0.2) is 35.1 Å². The van der Waals surface area contributed by atoms with Gasteiger partial charge < -0.3 is 24.8 Å². The van der Waals surface area contributed by atoms with E-state index in [9.17, 15) is 9.90 Å². The second-order valence-corrected chi connectivity index (χ2v) is 8.55. The zero-order chi connectivity index (χ0) is 25.4. The van der Waals surface area contributed by atoms with Gasteiger partial charge in [0, 0.05) is 29.9 Å². The average molecular weight is 484 g/mol. The molecule has 0 aliphatic heterocycles. The van der Waals surface area contributed by atoms with Crippen LogP contribution < -0.4 is 10.1 Å². The maximum Gasteiger partial charge on any atom is 0.238 e. The van der Waals surface area contributed by atoms with Gasteiger partial charge in [0.1, 0.15) is 13.2 Å². The van der Waals surface area contributed by atoms with Crippen molar-refractivity contribution in [2.45, 2.75) is 39.4 Å². The summed E-state index contributed by atoms with van der Waals surface area (Å²) in [5.74, 6) is 1.10. The van der Waals surface area contributed by atoms with Crippen LogP contribution in [0.1, 0.15) is 48.1 Å². The topological polar surface area (TPSA) is 161 Å². The van der Waals surface area contributed by atoms with Gasteiger partial charge in [-0.15, -0.1) is 10.2 Å². The van der Waals surface area contributed by atoms with Crippen LogP contribution in [0.5, 0.6) is 5.88 Å². The number of hydrogen-bond acceptors (Lipinski definition) is 11. The third-order valence-electron chi connectivity index (χ3n) is 4.82. The van der Waals surface area contributed by atoms with Crippen molar-refractivity contribution in [2.75, 3.05) is 20.2 Å². The molecular weight excluding hydrogens is 454 g/mol. The van der Waals surface area contributed by atoms with Gasteiger partial charge >= 0.3 is 0 Å². The number of nitrogens with one attached hydrogen (secondary N) is 1. The van der Waals surface area contributed by atoms with E-state index in [-0.39, 0.29) is 25.2 Å². The van der Waals surface area contributed by atoms with E-state index in [0.717, 1.165) is 17.4 Å². The van der Waals surface area contributed by atoms with Crippen molar-refractivity contribution in [1.82, 2.24) is 35.3 Å². The monoisotopic (exact) mass is 483 g/mol. The minimum atomic E-state index is -0.299. The highest BCUT2D eigenvalue weighted by Crippen LogP contribution is 2.36. The van der Waals surface area contributed by atoms with Crippen LogP contribution in [-0.4, -0.2) is 66.7 Å². The number of likely N-dealkylation sites (N-methyl/N-ethyl adjacent to an activating group) is 1. The molecule has 4 aromatic rings. The Labute approximate surface area is 202 Å². The molecule has 0 atom stereocenters. The lowest BCUT2D eigenvalue weighted by Crippen LogP contribution is -2.13. The van der Waals surface area contributed by atoms with E-state index < -0.39 is 0 Å². The number of aromatic nitrogens is 6. The summed E-state index contributed by atoms with van der Waals surface area (Å²) in [7, 11) is 1.80. The van der Waals surface area contributed by atoms with Gasteiger partial charge in [0.05, 0.1) is 24.0 Å². The standard InChI is InChI=1S/C20H20N6O4.C3H9NO/c1-20(2,3)17-16-8-22-23-18(15-6-14(10-28)30-25-15)26(16)24-19(17)29-11-13-5-4-12(9-27)7-21-13;1-4-2-3-5/h4-9,28H,10-11H2,1-3H3;4-5H,2-3H2,1H3. The molecule has 0 bridgehead atoms. The molecule has 0 amide bonds. The number of aliphatic hydroxyl groups excluding tert-OH is 2. The quantitative estimate of drug-likeness (QED) is 0.312. The molecule has 0 aliphatic rings. The molecule has 0 aromatic carbocycles. The molecule has 186 valence electrons. The number of nitrogens with zero attached hydrogens (tertiary/aromatic N) is 6. The highest BCUT2D eigenvalue weighted by Gasteiger charge is 2.28. The highest BCUT2D eigenvalue weighted by molar-refractivity contribution is 5.73. The minimum absolute atomic E-state index is 0.181. The Balaban J connectivity index is 0.000000623. The van der Waals surface area contributed by atoms with E-state index in [1.807, 2.05) is 20.8 Å². The summed E-state index contributed by atoms with van der Waals surface area (Å²) in [5, 5.41) is 36.8. The fraction of sp³-hybridized carbons (Fsp3) is 0.391. The second kappa shape index (κ2) is 11.6. The van der Waals surface area contributed by atoms with Crippen molar-refractivity contribution in [2.24, 2.45) is 0 Å². The number of carbonyl (C=O) groups excluding carboxylic acids is 1. The highest BCUT2D eigenvalue weighted by atomic mass is 16.5. The minimum Gasteiger partial charge on any atom is -0.470 e. The lowest BCUT2D eigenvalue weighted by molar-refractivity contribution is 0.112. The first-order chi connectivity index (χ1) is 16.8. The molecule has 3 N–H and O–H groups in total. The lowest BCUT2D eigenvalue weighted by Gasteiger charge is -2.18. The van der Waals surface area contributed by atoms with E-state index >= 15 is 0 Å². The van der Waals surface area contributed by atoms with Crippen LogP contribution in [0.25, 0.3) is 17.0 Å². The summed E-state index contributed by atoms with van der Waals surface area (Å²) in [5.41, 5.74) is 2.84. The molecule has 0 spiro atoms. The number of carbonyl (C=O) groups is 1. The van der Waals surface area contributed by atoms with Crippen LogP contribution >= 0.6 is 0 Å². The summed E-state index contributed by atoms with van der Waals surface area (Å²) in [6.07, 6.45) is 3.86. The molecule has 0 fully saturated rings. The third kappa shape index (κ3) is 6.23. The number of fused-ring (bicyclic) bond motifs is 1. The van der Waals surface area contributed by atoms with Crippen molar-refractivity contribution < 1.29 is 24.3 Å². The van der Waals surface area contributed by atoms with E-state index in [2.05, 4.69) is 30.8 Å². The summed E-state index contributed by atoms with van der Waals surface area (Å²) in [6.45, 7) is 6.99. The molecule has 12 nitrogen and oxygen atoms in total. The maximum atomic E-state index is 10.8. The average Bonchev–Trinajstić information content (AvgIpc) is 3.48. The number of rotatable bonds is 8. The Morgan fingerprint density at radius 1 is 1.23 bits per heavy atom. The fourth-order valence-corrected chi connectivity index (χ4v) is 3.18. The Kier molecular flexibility index (Phi) is 8.58. The molecule has 0 radical (unpaired) electrons. The predicted molar refractivity (Wildman–Crippen MR) is 126 cm³/mol. The van der Waals surface area contributed by atoms with Crippen molar-refractivity contribution in [3.8, 4) is 17.4 Å². The van der Waals surface area contributed by atoms with Crippen LogP contribution in [0.2, 0.25) is 0 Å². The molecule has 0 saturated heterocycles. The van der Waals surface area contributed by atoms with Crippen LogP contribution in [0.4, 0.5) is 0 Å². The Morgan fingerprint density at radius 2 is 2.03 bits per heavy atom. The van der Waals surface area contributed by atoms with Gasteiger partial charge in [-0.05, 0) is 24.6 Å². The zero-order valence-corrected chi connectivity index (χ0v) is 20.1. The fourth-order valence-electron chi connectivity index (χ4n) is 3.18. The van der Waals surface area contributed by atoms with Crippen molar-refractivity contribution >= 4 is 11.8 Å². The summed E-state index contributed by atoms with van der Waals surface area (Å²) in [6, 6.07) is 5.00. The first-order valence-electron chi connectivity index (χ1n) is 10.9. The Morgan fingerprint density at radius 3 is 2.57 bits per heavy atom. The molecule has 0 saturated carbocycles. The van der Waals surface area contributed by atoms with Gasteiger partial charge in [0.2, 0.25) is 11.7 Å². The van der Waals surface area contributed by atoms with Gasteiger partial charge in [-0.2, -0.15) is 5.10 Å². The number of pyridine rings is 1. The maximum absolute atomic E-state index is 10.8. The van der Waals surface area contributed by atoms with Crippen LogP contribution in [-0.2, 0) is 18.6 Å². The summed E-state index contributed by atoms with van der Waals surface area (Å²) < 4.78 is 12.7. The smallest absolute Gasteiger partial charge is 0.238 e. The van der Waals surface area contributed by atoms with Crippen molar-refractivity contribution in [1.29, 1.82) is 0 Å². The van der Waals surface area contributed by atoms with Gasteiger partial charge in [-0.1, -0.05) is 25.9 Å². The molecule has 12 heteroatoms. The lowest BCUT2D eigenvalue weighted by atomic mass is 9.88. The number of aldehydes is 1. The molecule has 4 aromatic heterocycles. The Hall–Kier alpha value is -3.74. The van der Waals surface area contributed by atoms with Crippen molar-refractivity contribution in [3.63, 3.8) is 0 Å². The zero-order valence-electron chi connectivity index (χ0n) is 20.1. The molecule has 35 heavy (non-hydrogen) atoms. The summed E-state index contributed by atoms with van der Waals surface area (Å²) >= 11 is 0. The number of hydrogen-bond donors (Lipinski definition) is 3. The summed E-state index contributed by atoms with van der Waals surface area (Å²) in [4.78, 5) is 15.0. The van der Waals surface area contributed by atoms with Crippen molar-refractivity contribution in [3.05, 3.63) is 53.2 Å². The molecular formula is C23H29N7O5. The van der Waals surface area contributed by atoms with Gasteiger partial charge in [0.15, 0.2) is 17.7 Å². The van der Waals surface area contributed by atoms with Gasteiger partial charge in [0.25, 0.3) is 0 Å². The van der Waals surface area contributed by atoms with E-state index in [0.29, 0.717) is 41.0 Å². The number of aliphatic hydroxyl groups is 2. The first-order valence-corrected chi connectivity index (χ1v) is 10.9.